The van der Waals surface area contributed by atoms with E-state index in [2.05, 4.69) is 68.5 Å². The molecule has 0 radical (unpaired) electrons. The highest BCUT2D eigenvalue weighted by Gasteiger charge is 2.15. The molecule has 0 saturated carbocycles. The third-order valence-electron chi connectivity index (χ3n) is 6.13. The second-order valence-electron chi connectivity index (χ2n) is 8.68. The summed E-state index contributed by atoms with van der Waals surface area (Å²) in [7, 11) is 2.12. The van der Waals surface area contributed by atoms with Gasteiger partial charge in [0.15, 0.2) is 0 Å². The molecule has 4 aromatic rings. The number of rotatable bonds is 7. The Labute approximate surface area is 209 Å². The van der Waals surface area contributed by atoms with Crippen LogP contribution < -0.4 is 0 Å². The molecular formula is C27H29N5O4. The fourth-order valence-corrected chi connectivity index (χ4v) is 4.26. The molecule has 0 bridgehead atoms. The summed E-state index contributed by atoms with van der Waals surface area (Å²) in [6, 6.07) is 17.0. The number of likely N-dealkylation sites (tertiary alicyclic amines) is 1. The lowest BCUT2D eigenvalue weighted by Crippen LogP contribution is -2.20. The Morgan fingerprint density at radius 1 is 0.917 bits per heavy atom. The number of para-hydroxylation sites is 2. The van der Waals surface area contributed by atoms with E-state index < -0.39 is 11.9 Å². The molecular weight excluding hydrogens is 458 g/mol. The summed E-state index contributed by atoms with van der Waals surface area (Å²) in [5, 5.41) is 15.6. The van der Waals surface area contributed by atoms with Crippen molar-refractivity contribution in [3.8, 4) is 11.4 Å². The second-order valence-corrected chi connectivity index (χ2v) is 8.68. The summed E-state index contributed by atoms with van der Waals surface area (Å²) in [5.74, 6) is -1.48. The summed E-state index contributed by atoms with van der Waals surface area (Å²) >= 11 is 0. The van der Waals surface area contributed by atoms with Gasteiger partial charge in [-0.05, 0) is 43.6 Å². The first-order valence-corrected chi connectivity index (χ1v) is 11.8. The van der Waals surface area contributed by atoms with Gasteiger partial charge in [0.1, 0.15) is 5.82 Å². The van der Waals surface area contributed by atoms with Crippen molar-refractivity contribution in [2.75, 3.05) is 13.1 Å². The number of hydrogen-bond donors (Lipinski definition) is 2. The highest BCUT2D eigenvalue weighted by Crippen LogP contribution is 2.22. The molecule has 1 fully saturated rings. The number of imidazole rings is 2. The van der Waals surface area contributed by atoms with Crippen LogP contribution in [0.4, 0.5) is 0 Å². The molecule has 2 N–H and O–H groups in total. The molecule has 0 amide bonds. The molecule has 0 atom stereocenters. The maximum atomic E-state index is 9.55. The van der Waals surface area contributed by atoms with Gasteiger partial charge >= 0.3 is 11.9 Å². The van der Waals surface area contributed by atoms with Crippen molar-refractivity contribution in [1.29, 1.82) is 0 Å². The fourth-order valence-electron chi connectivity index (χ4n) is 4.26. The van der Waals surface area contributed by atoms with Crippen molar-refractivity contribution < 1.29 is 19.8 Å². The maximum absolute atomic E-state index is 9.55. The van der Waals surface area contributed by atoms with E-state index >= 15 is 0 Å². The summed E-state index contributed by atoms with van der Waals surface area (Å²) in [6.45, 7) is 4.23. The normalized spacial score (nSPS) is 13.7. The van der Waals surface area contributed by atoms with E-state index in [1.54, 1.807) is 0 Å². The SMILES string of the molecule is Cn1c(CN2CCCC2)cnc1-c1ccc(Cn2cnc3ccccc32)cc1.O=C(O)C=CC(=O)O. The fraction of sp³-hybridized carbons (Fsp3) is 0.259. The van der Waals surface area contributed by atoms with E-state index in [0.29, 0.717) is 12.2 Å². The molecule has 36 heavy (non-hydrogen) atoms. The van der Waals surface area contributed by atoms with Crippen molar-refractivity contribution in [3.05, 3.63) is 84.5 Å². The zero-order valence-corrected chi connectivity index (χ0v) is 20.1. The van der Waals surface area contributed by atoms with E-state index in [9.17, 15) is 9.59 Å². The number of fused-ring (bicyclic) bond motifs is 1. The smallest absolute Gasteiger partial charge is 0.328 e. The molecule has 9 nitrogen and oxygen atoms in total. The molecule has 0 aliphatic carbocycles. The van der Waals surface area contributed by atoms with Crippen LogP contribution in [0.25, 0.3) is 22.4 Å². The van der Waals surface area contributed by atoms with Crippen molar-refractivity contribution in [2.45, 2.75) is 25.9 Å². The standard InChI is InChI=1S/C23H25N5.C4H4O4/c1-26-20(16-27-12-4-5-13-27)14-24-23(26)19-10-8-18(9-11-19)15-28-17-25-21-6-2-3-7-22(21)28;5-3(6)1-2-4(7)8/h2-3,6-11,14,17H,4-5,12-13,15-16H2,1H3;1-2H,(H,5,6)(H,7,8). The largest absolute Gasteiger partial charge is 0.478 e. The van der Waals surface area contributed by atoms with Gasteiger partial charge in [-0.1, -0.05) is 36.4 Å². The van der Waals surface area contributed by atoms with Crippen molar-refractivity contribution in [3.63, 3.8) is 0 Å². The van der Waals surface area contributed by atoms with E-state index in [1.807, 2.05) is 18.6 Å². The van der Waals surface area contributed by atoms with E-state index in [1.165, 1.54) is 42.7 Å². The Morgan fingerprint density at radius 3 is 2.25 bits per heavy atom. The summed E-state index contributed by atoms with van der Waals surface area (Å²) in [6.07, 6.45) is 7.70. The van der Waals surface area contributed by atoms with Gasteiger partial charge in [-0.25, -0.2) is 19.6 Å². The van der Waals surface area contributed by atoms with Crippen LogP contribution in [0, 0.1) is 0 Å². The number of carbonyl (C=O) groups is 2. The molecule has 1 saturated heterocycles. The second kappa shape index (κ2) is 11.5. The van der Waals surface area contributed by atoms with Crippen LogP contribution in [0.15, 0.2) is 73.2 Å². The monoisotopic (exact) mass is 487 g/mol. The first kappa shape index (κ1) is 24.9. The first-order valence-electron chi connectivity index (χ1n) is 11.8. The molecule has 3 heterocycles. The Morgan fingerprint density at radius 2 is 1.58 bits per heavy atom. The number of carboxylic acid groups (broad SMARTS) is 2. The van der Waals surface area contributed by atoms with Crippen LogP contribution in [-0.2, 0) is 29.7 Å². The average Bonchev–Trinajstić information content (AvgIpc) is 3.61. The molecule has 186 valence electrons. The van der Waals surface area contributed by atoms with Gasteiger partial charge in [-0.3, -0.25) is 4.90 Å². The lowest BCUT2D eigenvalue weighted by molar-refractivity contribution is -0.134. The number of nitrogens with zero attached hydrogens (tertiary/aromatic N) is 5. The predicted octanol–water partition coefficient (Wildman–Crippen LogP) is 3.79. The molecule has 2 aromatic heterocycles. The van der Waals surface area contributed by atoms with Crippen molar-refractivity contribution in [1.82, 2.24) is 24.0 Å². The Balaban J connectivity index is 0.000000331. The highest BCUT2D eigenvalue weighted by atomic mass is 16.4. The topological polar surface area (TPSA) is 113 Å². The van der Waals surface area contributed by atoms with Crippen molar-refractivity contribution >= 4 is 23.0 Å². The number of carboxylic acids is 2. The summed E-state index contributed by atoms with van der Waals surface area (Å²) in [4.78, 5) is 30.8. The average molecular weight is 488 g/mol. The molecule has 0 unspecified atom stereocenters. The number of benzene rings is 2. The van der Waals surface area contributed by atoms with Gasteiger partial charge in [-0.2, -0.15) is 0 Å². The summed E-state index contributed by atoms with van der Waals surface area (Å²) < 4.78 is 4.43. The Kier molecular flexibility index (Phi) is 7.92. The van der Waals surface area contributed by atoms with Gasteiger partial charge in [0.25, 0.3) is 0 Å². The minimum Gasteiger partial charge on any atom is -0.478 e. The molecule has 0 spiro atoms. The van der Waals surface area contributed by atoms with Crippen molar-refractivity contribution in [2.24, 2.45) is 7.05 Å². The molecule has 1 aliphatic rings. The lowest BCUT2D eigenvalue weighted by atomic mass is 10.1. The van der Waals surface area contributed by atoms with Crippen LogP contribution in [0.2, 0.25) is 0 Å². The predicted molar refractivity (Wildman–Crippen MR) is 136 cm³/mol. The van der Waals surface area contributed by atoms with E-state index in [4.69, 9.17) is 15.2 Å². The molecule has 2 aromatic carbocycles. The number of hydrogen-bond acceptors (Lipinski definition) is 5. The van der Waals surface area contributed by atoms with Crippen LogP contribution in [0.1, 0.15) is 24.1 Å². The van der Waals surface area contributed by atoms with Crippen LogP contribution in [-0.4, -0.2) is 59.2 Å². The molecule has 5 rings (SSSR count). The molecule has 1 aliphatic heterocycles. The lowest BCUT2D eigenvalue weighted by Gasteiger charge is -2.15. The zero-order valence-electron chi connectivity index (χ0n) is 20.1. The Hall–Kier alpha value is -4.24. The maximum Gasteiger partial charge on any atom is 0.328 e. The third kappa shape index (κ3) is 6.25. The van der Waals surface area contributed by atoms with Gasteiger partial charge < -0.3 is 19.3 Å². The van der Waals surface area contributed by atoms with Crippen LogP contribution >= 0.6 is 0 Å². The first-order chi connectivity index (χ1) is 17.4. The van der Waals surface area contributed by atoms with E-state index in [-0.39, 0.29) is 0 Å². The van der Waals surface area contributed by atoms with E-state index in [0.717, 1.165) is 30.0 Å². The third-order valence-corrected chi connectivity index (χ3v) is 6.13. The van der Waals surface area contributed by atoms with Gasteiger partial charge in [0.05, 0.1) is 29.3 Å². The highest BCUT2D eigenvalue weighted by molar-refractivity contribution is 5.89. The minimum atomic E-state index is -1.26. The quantitative estimate of drug-likeness (QED) is 0.381. The number of aromatic nitrogens is 4. The number of aliphatic carboxylic acids is 2. The van der Waals surface area contributed by atoms with Crippen LogP contribution in [0.3, 0.4) is 0 Å². The minimum absolute atomic E-state index is 0.558. The van der Waals surface area contributed by atoms with Gasteiger partial charge in [-0.15, -0.1) is 0 Å². The Bertz CT molecular complexity index is 1350. The zero-order chi connectivity index (χ0) is 25.5. The summed E-state index contributed by atoms with van der Waals surface area (Å²) in [5.41, 5.74) is 5.92. The van der Waals surface area contributed by atoms with Crippen LogP contribution in [0.5, 0.6) is 0 Å². The van der Waals surface area contributed by atoms with Gasteiger partial charge in [0.2, 0.25) is 0 Å². The van der Waals surface area contributed by atoms with Gasteiger partial charge in [0, 0.05) is 37.9 Å². The molecule has 9 heteroatoms.